The Morgan fingerprint density at radius 3 is 2.07 bits per heavy atom. The van der Waals surface area contributed by atoms with Gasteiger partial charge >= 0.3 is 0 Å². The molecule has 6 nitrogen and oxygen atoms in total. The minimum atomic E-state index is -0.921. The Morgan fingerprint density at radius 1 is 0.759 bits per heavy atom. The Bertz CT molecular complexity index is 1070. The number of carbonyl (C=O) groups excluding carboxylic acids is 2. The van der Waals surface area contributed by atoms with Crippen molar-refractivity contribution < 1.29 is 19.5 Å². The molecule has 5 rings (SSSR count). The average Bonchev–Trinajstić information content (AvgIpc) is 3.26. The summed E-state index contributed by atoms with van der Waals surface area (Å²) in [4.78, 5) is 33.8. The van der Waals surface area contributed by atoms with Crippen LogP contribution < -0.4 is 9.96 Å². The molecule has 0 unspecified atom stereocenters. The van der Waals surface area contributed by atoms with E-state index in [0.29, 0.717) is 11.3 Å². The zero-order valence-electron chi connectivity index (χ0n) is 15.4. The molecule has 6 heteroatoms. The van der Waals surface area contributed by atoms with Gasteiger partial charge in [-0.3, -0.25) is 14.4 Å². The molecule has 3 aromatic rings. The van der Waals surface area contributed by atoms with E-state index in [-0.39, 0.29) is 17.6 Å². The Balaban J connectivity index is 1.60. The van der Waals surface area contributed by atoms with Gasteiger partial charge in [0.25, 0.3) is 5.91 Å². The predicted octanol–water partition coefficient (Wildman–Crippen LogP) is 3.44. The highest BCUT2D eigenvalue weighted by Gasteiger charge is 2.60. The molecule has 3 atom stereocenters. The van der Waals surface area contributed by atoms with Crippen LogP contribution in [0.15, 0.2) is 84.9 Å². The van der Waals surface area contributed by atoms with Crippen molar-refractivity contribution in [1.29, 1.82) is 0 Å². The molecular formula is C23H18N2O4. The Morgan fingerprint density at radius 2 is 1.41 bits per heavy atom. The molecule has 2 aliphatic heterocycles. The van der Waals surface area contributed by atoms with Gasteiger partial charge in [0.15, 0.2) is 6.10 Å². The zero-order chi connectivity index (χ0) is 20.0. The lowest BCUT2D eigenvalue weighted by atomic mass is 9.90. The molecule has 2 saturated heterocycles. The van der Waals surface area contributed by atoms with E-state index in [2.05, 4.69) is 0 Å². The molecule has 144 valence electrons. The van der Waals surface area contributed by atoms with Gasteiger partial charge in [-0.05, 0) is 42.0 Å². The van der Waals surface area contributed by atoms with Gasteiger partial charge in [-0.15, -0.1) is 0 Å². The van der Waals surface area contributed by atoms with E-state index >= 15 is 0 Å². The fourth-order valence-electron chi connectivity index (χ4n) is 4.09. The normalized spacial score (nSPS) is 23.5. The minimum absolute atomic E-state index is 0.0932. The van der Waals surface area contributed by atoms with Crippen LogP contribution in [-0.4, -0.2) is 23.0 Å². The third-order valence-corrected chi connectivity index (χ3v) is 5.35. The summed E-state index contributed by atoms with van der Waals surface area (Å²) in [6.45, 7) is 0. The van der Waals surface area contributed by atoms with Gasteiger partial charge in [-0.2, -0.15) is 0 Å². The molecule has 0 bridgehead atoms. The Labute approximate surface area is 167 Å². The molecule has 2 fully saturated rings. The number of hydrogen-bond acceptors (Lipinski definition) is 5. The molecule has 2 heterocycles. The number of phenolic OH excluding ortho intramolecular Hbond substituents is 1. The molecule has 3 aromatic carbocycles. The van der Waals surface area contributed by atoms with Gasteiger partial charge in [0.2, 0.25) is 5.91 Å². The van der Waals surface area contributed by atoms with E-state index in [1.165, 1.54) is 4.90 Å². The van der Waals surface area contributed by atoms with Gasteiger partial charge in [0.05, 0.1) is 17.4 Å². The summed E-state index contributed by atoms with van der Waals surface area (Å²) >= 11 is 0. The highest BCUT2D eigenvalue weighted by Crippen LogP contribution is 2.47. The van der Waals surface area contributed by atoms with Gasteiger partial charge in [-0.1, -0.05) is 48.5 Å². The number of nitrogens with zero attached hydrogens (tertiary/aromatic N) is 2. The van der Waals surface area contributed by atoms with Crippen LogP contribution in [0, 0.1) is 5.92 Å². The number of hydroxylamine groups is 1. The molecule has 0 saturated carbocycles. The van der Waals surface area contributed by atoms with Crippen LogP contribution in [0.4, 0.5) is 11.4 Å². The number of fused-ring (bicyclic) bond motifs is 1. The third kappa shape index (κ3) is 2.77. The Hall–Kier alpha value is -3.64. The maximum Gasteiger partial charge on any atom is 0.266 e. The number of rotatable bonds is 3. The second-order valence-electron chi connectivity index (χ2n) is 7.10. The van der Waals surface area contributed by atoms with Crippen molar-refractivity contribution in [3.8, 4) is 5.75 Å². The van der Waals surface area contributed by atoms with Crippen molar-refractivity contribution in [3.05, 3.63) is 90.5 Å². The molecule has 1 N–H and O–H groups in total. The van der Waals surface area contributed by atoms with Crippen LogP contribution in [0.25, 0.3) is 0 Å². The molecule has 29 heavy (non-hydrogen) atoms. The second kappa shape index (κ2) is 6.76. The van der Waals surface area contributed by atoms with Crippen LogP contribution in [0.5, 0.6) is 5.75 Å². The summed E-state index contributed by atoms with van der Waals surface area (Å²) in [5.41, 5.74) is 1.97. The largest absolute Gasteiger partial charge is 0.508 e. The van der Waals surface area contributed by atoms with Gasteiger partial charge < -0.3 is 5.11 Å². The molecule has 2 aliphatic rings. The SMILES string of the molecule is O=C1[C@@H]2[C@@H](c3cccc(O)c3)N(c3ccccc3)O[C@H]2C(=O)N1c1ccccc1. The highest BCUT2D eigenvalue weighted by molar-refractivity contribution is 6.23. The van der Waals surface area contributed by atoms with Crippen LogP contribution >= 0.6 is 0 Å². The molecule has 0 aromatic heterocycles. The van der Waals surface area contributed by atoms with E-state index in [0.717, 1.165) is 5.69 Å². The summed E-state index contributed by atoms with van der Waals surface area (Å²) in [7, 11) is 0. The lowest BCUT2D eigenvalue weighted by Gasteiger charge is -2.28. The summed E-state index contributed by atoms with van der Waals surface area (Å²) in [6.07, 6.45) is -0.921. The summed E-state index contributed by atoms with van der Waals surface area (Å²) in [5, 5.41) is 11.6. The van der Waals surface area contributed by atoms with Gasteiger partial charge in [0.1, 0.15) is 11.7 Å². The van der Waals surface area contributed by atoms with Crippen molar-refractivity contribution in [1.82, 2.24) is 0 Å². The standard InChI is InChI=1S/C23H18N2O4/c26-18-13-7-8-15(14-18)20-19-21(29-25(20)17-11-5-2-6-12-17)23(28)24(22(19)27)16-9-3-1-4-10-16/h1-14,19-21,26H/t19-,20-,21-/m1/s1. The number of imide groups is 1. The predicted molar refractivity (Wildman–Crippen MR) is 107 cm³/mol. The van der Waals surface area contributed by atoms with Crippen molar-refractivity contribution in [2.45, 2.75) is 12.1 Å². The smallest absolute Gasteiger partial charge is 0.266 e. The molecular weight excluding hydrogens is 368 g/mol. The number of para-hydroxylation sites is 2. The lowest BCUT2D eigenvalue weighted by molar-refractivity contribution is -0.126. The lowest BCUT2D eigenvalue weighted by Crippen LogP contribution is -2.37. The zero-order valence-corrected chi connectivity index (χ0v) is 15.4. The van der Waals surface area contributed by atoms with E-state index in [9.17, 15) is 14.7 Å². The van der Waals surface area contributed by atoms with Crippen molar-refractivity contribution in [3.63, 3.8) is 0 Å². The number of aromatic hydroxyl groups is 1. The number of amides is 2. The first-order valence-electron chi connectivity index (χ1n) is 9.38. The second-order valence-corrected chi connectivity index (χ2v) is 7.10. The van der Waals surface area contributed by atoms with Gasteiger partial charge in [0, 0.05) is 0 Å². The van der Waals surface area contributed by atoms with E-state index in [4.69, 9.17) is 4.84 Å². The average molecular weight is 386 g/mol. The summed E-state index contributed by atoms with van der Waals surface area (Å²) in [5.74, 6) is -1.31. The minimum Gasteiger partial charge on any atom is -0.508 e. The summed E-state index contributed by atoms with van der Waals surface area (Å²) in [6, 6.07) is 24.4. The van der Waals surface area contributed by atoms with Crippen molar-refractivity contribution in [2.75, 3.05) is 9.96 Å². The topological polar surface area (TPSA) is 70.1 Å². The molecule has 0 aliphatic carbocycles. The fourth-order valence-corrected chi connectivity index (χ4v) is 4.09. The number of benzene rings is 3. The van der Waals surface area contributed by atoms with E-state index in [1.54, 1.807) is 47.5 Å². The fraction of sp³-hybridized carbons (Fsp3) is 0.130. The summed E-state index contributed by atoms with van der Waals surface area (Å²) < 4.78 is 0. The molecule has 0 radical (unpaired) electrons. The first-order valence-corrected chi connectivity index (χ1v) is 9.38. The van der Waals surface area contributed by atoms with E-state index in [1.807, 2.05) is 42.5 Å². The molecule has 2 amide bonds. The van der Waals surface area contributed by atoms with Gasteiger partial charge in [-0.25, -0.2) is 9.96 Å². The number of phenols is 1. The van der Waals surface area contributed by atoms with Crippen LogP contribution in [0.1, 0.15) is 11.6 Å². The van der Waals surface area contributed by atoms with Crippen molar-refractivity contribution in [2.24, 2.45) is 5.92 Å². The molecule has 0 spiro atoms. The van der Waals surface area contributed by atoms with Crippen LogP contribution in [0.3, 0.4) is 0 Å². The monoisotopic (exact) mass is 386 g/mol. The van der Waals surface area contributed by atoms with Crippen LogP contribution in [0.2, 0.25) is 0 Å². The maximum atomic E-state index is 13.4. The maximum absolute atomic E-state index is 13.4. The quantitative estimate of drug-likeness (QED) is 0.699. The Kier molecular flexibility index (Phi) is 4.07. The third-order valence-electron chi connectivity index (χ3n) is 5.35. The number of anilines is 2. The first-order chi connectivity index (χ1) is 14.1. The van der Waals surface area contributed by atoms with Crippen molar-refractivity contribution >= 4 is 23.2 Å². The van der Waals surface area contributed by atoms with E-state index < -0.39 is 18.1 Å². The number of carbonyl (C=O) groups is 2. The van der Waals surface area contributed by atoms with Crippen LogP contribution in [-0.2, 0) is 14.4 Å². The number of hydrogen-bond donors (Lipinski definition) is 1. The highest BCUT2D eigenvalue weighted by atomic mass is 16.7. The first kappa shape index (κ1) is 17.5.